The Balaban J connectivity index is 0.00000259. The van der Waals surface area contributed by atoms with Gasteiger partial charge in [-0.1, -0.05) is 152 Å². The lowest BCUT2D eigenvalue weighted by Crippen LogP contribution is -2.48. The summed E-state index contributed by atoms with van der Waals surface area (Å²) in [7, 11) is 0.0126. The molecule has 0 aromatic heterocycles. The van der Waals surface area contributed by atoms with E-state index in [2.05, 4.69) is 24.3 Å². The maximum atomic E-state index is 2.67. The molecule has 4 aliphatic rings. The Morgan fingerprint density at radius 1 is 0.515 bits per heavy atom. The zero-order valence-electron chi connectivity index (χ0n) is 21.4. The van der Waals surface area contributed by atoms with Gasteiger partial charge in [0.15, 0.2) is 6.71 Å². The van der Waals surface area contributed by atoms with Crippen molar-refractivity contribution in [2.45, 2.75) is 151 Å². The summed E-state index contributed by atoms with van der Waals surface area (Å²) in [5.41, 5.74) is 3.94. The van der Waals surface area contributed by atoms with Gasteiger partial charge in [-0.2, -0.15) is 0 Å². The van der Waals surface area contributed by atoms with Crippen molar-refractivity contribution in [2.75, 3.05) is 0 Å². The van der Waals surface area contributed by atoms with Gasteiger partial charge in [0, 0.05) is 8.41 Å². The van der Waals surface area contributed by atoms with E-state index in [1.807, 2.05) is 10.8 Å². The Kier molecular flexibility index (Phi) is 10.3. The lowest BCUT2D eigenvalue weighted by atomic mass is 9.27. The average Bonchev–Trinajstić information content (AvgIpc) is 2.88. The highest BCUT2D eigenvalue weighted by atomic mass is 31.1. The van der Waals surface area contributed by atoms with Crippen LogP contribution in [0.5, 0.6) is 0 Å². The Hall–Kier alpha value is -0.220. The number of hydrogen-bond donors (Lipinski definition) is 0. The van der Waals surface area contributed by atoms with Crippen molar-refractivity contribution < 1.29 is 0 Å². The van der Waals surface area contributed by atoms with Crippen LogP contribution >= 0.6 is 7.92 Å². The van der Waals surface area contributed by atoms with Crippen LogP contribution in [0, 0.1) is 0 Å². The van der Waals surface area contributed by atoms with Gasteiger partial charge in [0.05, 0.1) is 0 Å². The predicted molar refractivity (Wildman–Crippen MR) is 152 cm³/mol. The van der Waals surface area contributed by atoms with E-state index in [0.717, 1.165) is 29.7 Å². The van der Waals surface area contributed by atoms with Crippen molar-refractivity contribution in [3.8, 4) is 0 Å². The van der Waals surface area contributed by atoms with Crippen LogP contribution in [-0.2, 0) is 0 Å². The lowest BCUT2D eigenvalue weighted by molar-refractivity contribution is 0.465. The molecule has 0 atom stereocenters. The molecular formula is C30H48B2P. The minimum atomic E-state index is 0. The quantitative estimate of drug-likeness (QED) is 0.295. The molecule has 0 unspecified atom stereocenters. The molecule has 1 aromatic rings. The molecule has 179 valence electrons. The molecule has 3 radical (unpaired) electrons. The molecule has 0 N–H and O–H groups in total. The van der Waals surface area contributed by atoms with E-state index >= 15 is 0 Å². The maximum Gasteiger partial charge on any atom is 0.183 e. The van der Waals surface area contributed by atoms with E-state index in [4.69, 9.17) is 0 Å². The summed E-state index contributed by atoms with van der Waals surface area (Å²) in [5, 5.41) is 1.92. The van der Waals surface area contributed by atoms with Gasteiger partial charge in [-0.25, -0.2) is 0 Å². The Labute approximate surface area is 209 Å². The van der Waals surface area contributed by atoms with Crippen LogP contribution in [0.15, 0.2) is 24.3 Å². The van der Waals surface area contributed by atoms with Crippen LogP contribution in [0.2, 0.25) is 11.6 Å². The van der Waals surface area contributed by atoms with E-state index in [1.54, 1.807) is 0 Å². The van der Waals surface area contributed by atoms with Gasteiger partial charge in [-0.15, -0.1) is 0 Å². The molecule has 1 aromatic carbocycles. The fraction of sp³-hybridized carbons (Fsp3) is 0.800. The molecule has 33 heavy (non-hydrogen) atoms. The van der Waals surface area contributed by atoms with Crippen molar-refractivity contribution in [3.63, 3.8) is 0 Å². The molecule has 0 spiro atoms. The summed E-state index contributed by atoms with van der Waals surface area (Å²) in [5.74, 6) is 1.95. The highest BCUT2D eigenvalue weighted by molar-refractivity contribution is 7.67. The topological polar surface area (TPSA) is 0 Å². The summed E-state index contributed by atoms with van der Waals surface area (Å²) < 4.78 is 0. The predicted octanol–water partition coefficient (Wildman–Crippen LogP) is 8.45. The van der Waals surface area contributed by atoms with Crippen LogP contribution in [0.25, 0.3) is 0 Å². The molecule has 0 aliphatic heterocycles. The molecular weight excluding hydrogens is 413 g/mol. The summed E-state index contributed by atoms with van der Waals surface area (Å²) in [4.78, 5) is 0. The second kappa shape index (κ2) is 13.2. The first-order chi connectivity index (χ1) is 15.9. The van der Waals surface area contributed by atoms with E-state index in [1.165, 1.54) is 128 Å². The molecule has 0 heterocycles. The number of rotatable bonds is 6. The van der Waals surface area contributed by atoms with Gasteiger partial charge in [-0.05, 0) is 42.3 Å². The standard InChI is InChI=1S/C30H48BP.B/c1-5-15-25(16-6-1)31(26-17-7-2-8-18-26)29-23-13-14-24-30(29)32(27-19-9-3-10-20-27)28-21-11-4-12-22-28;/h13-14,23-28H,1-12,15-22H2;. The van der Waals surface area contributed by atoms with Gasteiger partial charge >= 0.3 is 0 Å². The molecule has 0 nitrogen and oxygen atoms in total. The molecule has 0 saturated heterocycles. The molecule has 4 aliphatic carbocycles. The maximum absolute atomic E-state index is 2.67. The minimum absolute atomic E-state index is 0. The third-order valence-corrected chi connectivity index (χ3v) is 13.4. The summed E-state index contributed by atoms with van der Waals surface area (Å²) in [6.07, 6.45) is 30.2. The smallest absolute Gasteiger partial charge is 0.0719 e. The Bertz CT molecular complexity index is 587. The number of hydrogen-bond acceptors (Lipinski definition) is 0. The summed E-state index contributed by atoms with van der Waals surface area (Å²) in [6, 6.07) is 10.2. The summed E-state index contributed by atoms with van der Waals surface area (Å²) in [6.45, 7) is 0.879. The fourth-order valence-electron chi connectivity index (χ4n) is 8.29. The van der Waals surface area contributed by atoms with Crippen LogP contribution in [0.1, 0.15) is 128 Å². The molecule has 4 fully saturated rings. The molecule has 0 amide bonds. The van der Waals surface area contributed by atoms with Crippen LogP contribution in [-0.4, -0.2) is 26.4 Å². The largest absolute Gasteiger partial charge is 0.183 e. The summed E-state index contributed by atoms with van der Waals surface area (Å²) >= 11 is 0. The Morgan fingerprint density at radius 3 is 1.36 bits per heavy atom. The minimum Gasteiger partial charge on any atom is -0.0719 e. The van der Waals surface area contributed by atoms with Gasteiger partial charge in [0.1, 0.15) is 0 Å². The van der Waals surface area contributed by atoms with E-state index in [0.29, 0.717) is 0 Å². The second-order valence-corrected chi connectivity index (χ2v) is 14.6. The SMILES string of the molecule is [B].c1ccc(P(C2CCCCC2)C2CCCCC2)c(B(C2CCCCC2)C2CCCCC2)c1. The molecule has 0 bridgehead atoms. The van der Waals surface area contributed by atoms with E-state index < -0.39 is 0 Å². The van der Waals surface area contributed by atoms with Crippen molar-refractivity contribution in [2.24, 2.45) is 0 Å². The van der Waals surface area contributed by atoms with Crippen molar-refractivity contribution in [3.05, 3.63) is 24.3 Å². The first-order valence-corrected chi connectivity index (χ1v) is 16.3. The van der Waals surface area contributed by atoms with E-state index in [-0.39, 0.29) is 16.3 Å². The van der Waals surface area contributed by atoms with Gasteiger partial charge in [-0.3, -0.25) is 0 Å². The monoisotopic (exact) mass is 461 g/mol. The van der Waals surface area contributed by atoms with Gasteiger partial charge in [0.2, 0.25) is 0 Å². The van der Waals surface area contributed by atoms with Crippen LogP contribution < -0.4 is 10.8 Å². The third-order valence-electron chi connectivity index (χ3n) is 9.83. The van der Waals surface area contributed by atoms with Crippen LogP contribution in [0.3, 0.4) is 0 Å². The molecule has 5 rings (SSSR count). The van der Waals surface area contributed by atoms with Gasteiger partial charge in [0.25, 0.3) is 0 Å². The van der Waals surface area contributed by atoms with Gasteiger partial charge < -0.3 is 0 Å². The lowest BCUT2D eigenvalue weighted by Gasteiger charge is -2.42. The van der Waals surface area contributed by atoms with Crippen molar-refractivity contribution in [1.82, 2.24) is 0 Å². The zero-order valence-corrected chi connectivity index (χ0v) is 22.3. The fourth-order valence-corrected chi connectivity index (χ4v) is 12.3. The normalized spacial score (nSPS) is 24.5. The molecule has 4 saturated carbocycles. The van der Waals surface area contributed by atoms with Crippen LogP contribution in [0.4, 0.5) is 0 Å². The first kappa shape index (κ1) is 25.9. The molecule has 3 heteroatoms. The number of benzene rings is 1. The van der Waals surface area contributed by atoms with E-state index in [9.17, 15) is 0 Å². The third kappa shape index (κ3) is 6.32. The zero-order chi connectivity index (χ0) is 21.6. The first-order valence-electron chi connectivity index (χ1n) is 14.8. The van der Waals surface area contributed by atoms with Crippen molar-refractivity contribution in [1.29, 1.82) is 0 Å². The Morgan fingerprint density at radius 2 is 0.909 bits per heavy atom. The van der Waals surface area contributed by atoms with Crippen molar-refractivity contribution >= 4 is 33.8 Å². The second-order valence-electron chi connectivity index (χ2n) is 11.9. The average molecular weight is 461 g/mol. The highest BCUT2D eigenvalue weighted by Gasteiger charge is 2.40. The highest BCUT2D eigenvalue weighted by Crippen LogP contribution is 2.55.